The normalized spacial score (nSPS) is 22.0. The van der Waals surface area contributed by atoms with Crippen LogP contribution in [0.4, 0.5) is 5.69 Å². The van der Waals surface area contributed by atoms with E-state index in [0.29, 0.717) is 6.04 Å². The highest BCUT2D eigenvalue weighted by Gasteiger charge is 2.21. The van der Waals surface area contributed by atoms with Crippen LogP contribution in [-0.2, 0) is 5.33 Å². The Morgan fingerprint density at radius 3 is 2.83 bits per heavy atom. The van der Waals surface area contributed by atoms with Gasteiger partial charge in [-0.15, -0.1) is 0 Å². The van der Waals surface area contributed by atoms with Crippen molar-refractivity contribution in [3.8, 4) is 0 Å². The van der Waals surface area contributed by atoms with Gasteiger partial charge < -0.3 is 9.80 Å². The Hall–Kier alpha value is -0.0600. The van der Waals surface area contributed by atoms with Crippen molar-refractivity contribution in [3.63, 3.8) is 0 Å². The first-order valence-corrected chi connectivity index (χ1v) is 8.33. The van der Waals surface area contributed by atoms with Crippen molar-refractivity contribution >= 4 is 37.5 Å². The first kappa shape index (κ1) is 14.4. The molecule has 100 valence electrons. The monoisotopic (exact) mass is 374 g/mol. The van der Waals surface area contributed by atoms with Crippen molar-refractivity contribution in [2.75, 3.05) is 31.6 Å². The van der Waals surface area contributed by atoms with Gasteiger partial charge in [0.1, 0.15) is 0 Å². The summed E-state index contributed by atoms with van der Waals surface area (Å²) in [5, 5.41) is 0.911. The molecule has 1 aromatic carbocycles. The molecule has 1 heterocycles. The van der Waals surface area contributed by atoms with E-state index in [1.807, 2.05) is 0 Å². The Morgan fingerprint density at radius 1 is 1.33 bits per heavy atom. The lowest BCUT2D eigenvalue weighted by atomic mass is 10.1. The van der Waals surface area contributed by atoms with E-state index in [1.54, 1.807) is 0 Å². The van der Waals surface area contributed by atoms with Gasteiger partial charge in [0.05, 0.1) is 0 Å². The zero-order chi connectivity index (χ0) is 13.1. The molecule has 1 atom stereocenters. The SMILES string of the molecule is CC1CN(C)CCCN1c1cc(Br)ccc1CBr. The molecule has 0 radical (unpaired) electrons. The predicted molar refractivity (Wildman–Crippen MR) is 85.7 cm³/mol. The maximum Gasteiger partial charge on any atom is 0.0421 e. The maximum atomic E-state index is 3.60. The van der Waals surface area contributed by atoms with Crippen LogP contribution < -0.4 is 4.90 Å². The molecule has 0 aliphatic carbocycles. The Balaban J connectivity index is 2.31. The molecular weight excluding hydrogens is 356 g/mol. The fraction of sp³-hybridized carbons (Fsp3) is 0.571. The van der Waals surface area contributed by atoms with E-state index in [0.717, 1.165) is 22.9 Å². The number of benzene rings is 1. The zero-order valence-electron chi connectivity index (χ0n) is 11.0. The summed E-state index contributed by atoms with van der Waals surface area (Å²) in [7, 11) is 2.21. The number of rotatable bonds is 2. The van der Waals surface area contributed by atoms with Gasteiger partial charge in [-0.3, -0.25) is 0 Å². The van der Waals surface area contributed by atoms with Crippen LogP contribution in [0.2, 0.25) is 0 Å². The quantitative estimate of drug-likeness (QED) is 0.724. The minimum absolute atomic E-state index is 0.560. The molecule has 1 saturated heterocycles. The van der Waals surface area contributed by atoms with Crippen LogP contribution in [-0.4, -0.2) is 37.6 Å². The molecule has 0 bridgehead atoms. The molecular formula is C14H20Br2N2. The number of alkyl halides is 1. The first-order valence-electron chi connectivity index (χ1n) is 6.41. The molecule has 1 aliphatic heterocycles. The summed E-state index contributed by atoms with van der Waals surface area (Å²) >= 11 is 7.19. The highest BCUT2D eigenvalue weighted by Crippen LogP contribution is 2.29. The Morgan fingerprint density at radius 2 is 2.11 bits per heavy atom. The second-order valence-corrected chi connectivity index (χ2v) is 6.54. The maximum absolute atomic E-state index is 3.60. The number of likely N-dealkylation sites (N-methyl/N-ethyl adjacent to an activating group) is 1. The lowest BCUT2D eigenvalue weighted by Gasteiger charge is -2.32. The molecule has 0 amide bonds. The highest BCUT2D eigenvalue weighted by molar-refractivity contribution is 9.10. The number of nitrogens with zero attached hydrogens (tertiary/aromatic N) is 2. The predicted octanol–water partition coefficient (Wildman–Crippen LogP) is 3.87. The molecule has 4 heteroatoms. The van der Waals surface area contributed by atoms with Crippen molar-refractivity contribution in [2.24, 2.45) is 0 Å². The van der Waals surface area contributed by atoms with Crippen molar-refractivity contribution in [1.29, 1.82) is 0 Å². The fourth-order valence-electron chi connectivity index (χ4n) is 2.65. The standard InChI is InChI=1S/C14H20Br2N2/c1-11-10-17(2)6-3-7-18(11)14-8-13(16)5-4-12(14)9-15/h4-5,8,11H,3,6-7,9-10H2,1-2H3. The molecule has 2 rings (SSSR count). The Kier molecular flexibility index (Phi) is 5.10. The lowest BCUT2D eigenvalue weighted by Crippen LogP contribution is -2.38. The van der Waals surface area contributed by atoms with Gasteiger partial charge in [-0.1, -0.05) is 37.9 Å². The minimum atomic E-state index is 0.560. The smallest absolute Gasteiger partial charge is 0.0421 e. The summed E-state index contributed by atoms with van der Waals surface area (Å²) in [4.78, 5) is 4.97. The van der Waals surface area contributed by atoms with Gasteiger partial charge in [0.25, 0.3) is 0 Å². The van der Waals surface area contributed by atoms with E-state index in [9.17, 15) is 0 Å². The average Bonchev–Trinajstić information content (AvgIpc) is 2.50. The summed E-state index contributed by atoms with van der Waals surface area (Å²) in [5.74, 6) is 0. The van der Waals surface area contributed by atoms with Gasteiger partial charge in [-0.25, -0.2) is 0 Å². The van der Waals surface area contributed by atoms with E-state index in [4.69, 9.17) is 0 Å². The van der Waals surface area contributed by atoms with E-state index < -0.39 is 0 Å². The second kappa shape index (κ2) is 6.40. The van der Waals surface area contributed by atoms with E-state index in [-0.39, 0.29) is 0 Å². The molecule has 0 saturated carbocycles. The number of hydrogen-bond acceptors (Lipinski definition) is 2. The largest absolute Gasteiger partial charge is 0.367 e. The molecule has 1 aromatic rings. The third-order valence-electron chi connectivity index (χ3n) is 3.55. The van der Waals surface area contributed by atoms with E-state index in [1.165, 1.54) is 24.2 Å². The van der Waals surface area contributed by atoms with Crippen LogP contribution in [0.3, 0.4) is 0 Å². The summed E-state index contributed by atoms with van der Waals surface area (Å²) in [6, 6.07) is 7.13. The lowest BCUT2D eigenvalue weighted by molar-refractivity contribution is 0.337. The molecule has 0 N–H and O–H groups in total. The van der Waals surface area contributed by atoms with Gasteiger partial charge in [-0.2, -0.15) is 0 Å². The third-order valence-corrected chi connectivity index (χ3v) is 4.64. The average molecular weight is 376 g/mol. The number of halogens is 2. The van der Waals surface area contributed by atoms with Gasteiger partial charge in [0.15, 0.2) is 0 Å². The van der Waals surface area contributed by atoms with Gasteiger partial charge in [0.2, 0.25) is 0 Å². The first-order chi connectivity index (χ1) is 8.61. The number of anilines is 1. The van der Waals surface area contributed by atoms with Gasteiger partial charge >= 0.3 is 0 Å². The van der Waals surface area contributed by atoms with Crippen molar-refractivity contribution < 1.29 is 0 Å². The Bertz CT molecular complexity index is 409. The van der Waals surface area contributed by atoms with Crippen LogP contribution >= 0.6 is 31.9 Å². The van der Waals surface area contributed by atoms with E-state index in [2.05, 4.69) is 73.8 Å². The summed E-state index contributed by atoms with van der Waals surface area (Å²) in [6.45, 7) is 5.79. The molecule has 1 aliphatic rings. The van der Waals surface area contributed by atoms with Crippen LogP contribution in [0.1, 0.15) is 18.9 Å². The topological polar surface area (TPSA) is 6.48 Å². The summed E-state index contributed by atoms with van der Waals surface area (Å²) in [5.41, 5.74) is 2.73. The van der Waals surface area contributed by atoms with Crippen molar-refractivity contribution in [1.82, 2.24) is 4.90 Å². The number of hydrogen-bond donors (Lipinski definition) is 0. The summed E-state index contributed by atoms with van der Waals surface area (Å²) < 4.78 is 1.16. The van der Waals surface area contributed by atoms with Gasteiger partial charge in [-0.05, 0) is 44.6 Å². The van der Waals surface area contributed by atoms with Crippen molar-refractivity contribution in [3.05, 3.63) is 28.2 Å². The fourth-order valence-corrected chi connectivity index (χ4v) is 3.47. The molecule has 2 nitrogen and oxygen atoms in total. The van der Waals surface area contributed by atoms with E-state index >= 15 is 0 Å². The minimum Gasteiger partial charge on any atom is -0.367 e. The zero-order valence-corrected chi connectivity index (χ0v) is 14.2. The van der Waals surface area contributed by atoms with Crippen LogP contribution in [0.15, 0.2) is 22.7 Å². The molecule has 1 unspecified atom stereocenters. The highest BCUT2D eigenvalue weighted by atomic mass is 79.9. The van der Waals surface area contributed by atoms with Crippen LogP contribution in [0.5, 0.6) is 0 Å². The van der Waals surface area contributed by atoms with Gasteiger partial charge in [0, 0.05) is 34.6 Å². The molecule has 0 aromatic heterocycles. The summed E-state index contributed by atoms with van der Waals surface area (Å²) in [6.07, 6.45) is 1.23. The van der Waals surface area contributed by atoms with Crippen molar-refractivity contribution in [2.45, 2.75) is 24.7 Å². The van der Waals surface area contributed by atoms with Crippen LogP contribution in [0.25, 0.3) is 0 Å². The molecule has 0 spiro atoms. The third kappa shape index (κ3) is 3.28. The molecule has 18 heavy (non-hydrogen) atoms. The molecule has 1 fully saturated rings. The van der Waals surface area contributed by atoms with Crippen LogP contribution in [0, 0.1) is 0 Å². The Labute approximate surface area is 127 Å². The second-order valence-electron chi connectivity index (χ2n) is 5.06.